The van der Waals surface area contributed by atoms with Crippen molar-refractivity contribution in [3.05, 3.63) is 83.9 Å². The highest BCUT2D eigenvalue weighted by atomic mass is 16.5. The maximum atomic E-state index is 13.6. The summed E-state index contributed by atoms with van der Waals surface area (Å²) >= 11 is 0. The molecule has 0 unspecified atom stereocenters. The molecular formula is C28H33N5O4. The van der Waals surface area contributed by atoms with Gasteiger partial charge in [0.25, 0.3) is 11.8 Å². The molecule has 3 atom stereocenters. The van der Waals surface area contributed by atoms with Crippen LogP contribution >= 0.6 is 0 Å². The number of fused-ring (bicyclic) bond motifs is 1. The normalized spacial score (nSPS) is 18.4. The van der Waals surface area contributed by atoms with Crippen molar-refractivity contribution in [1.29, 1.82) is 0 Å². The molecule has 2 heterocycles. The molecule has 0 aliphatic carbocycles. The summed E-state index contributed by atoms with van der Waals surface area (Å²) in [4.78, 5) is 38.4. The molecule has 1 aliphatic heterocycles. The van der Waals surface area contributed by atoms with E-state index in [-0.39, 0.29) is 36.3 Å². The summed E-state index contributed by atoms with van der Waals surface area (Å²) in [6, 6.07) is 14.9. The van der Waals surface area contributed by atoms with Gasteiger partial charge in [0.15, 0.2) is 5.75 Å². The number of aliphatic hydroxyl groups is 1. The van der Waals surface area contributed by atoms with Crippen molar-refractivity contribution in [3.63, 3.8) is 0 Å². The van der Waals surface area contributed by atoms with Gasteiger partial charge < -0.3 is 20.1 Å². The predicted molar refractivity (Wildman–Crippen MR) is 140 cm³/mol. The molecule has 0 bridgehead atoms. The van der Waals surface area contributed by atoms with E-state index < -0.39 is 5.91 Å². The monoisotopic (exact) mass is 503 g/mol. The Morgan fingerprint density at radius 3 is 2.70 bits per heavy atom. The van der Waals surface area contributed by atoms with Crippen LogP contribution in [0.5, 0.6) is 5.75 Å². The summed E-state index contributed by atoms with van der Waals surface area (Å²) in [5.74, 6) is -0.446. The molecule has 0 radical (unpaired) electrons. The van der Waals surface area contributed by atoms with Crippen LogP contribution in [-0.4, -0.2) is 75.6 Å². The Bertz CT molecular complexity index is 1210. The lowest BCUT2D eigenvalue weighted by Crippen LogP contribution is -2.49. The largest absolute Gasteiger partial charge is 0.486 e. The van der Waals surface area contributed by atoms with Crippen molar-refractivity contribution in [2.24, 2.45) is 5.92 Å². The first-order valence-electron chi connectivity index (χ1n) is 12.4. The molecule has 3 aromatic rings. The molecule has 9 nitrogen and oxygen atoms in total. The van der Waals surface area contributed by atoms with E-state index >= 15 is 0 Å². The molecule has 37 heavy (non-hydrogen) atoms. The summed E-state index contributed by atoms with van der Waals surface area (Å²) in [6.45, 7) is 5.47. The molecule has 194 valence electrons. The number of nitrogens with zero attached hydrogens (tertiary/aromatic N) is 4. The molecule has 1 aliphatic rings. The summed E-state index contributed by atoms with van der Waals surface area (Å²) < 4.78 is 6.56. The van der Waals surface area contributed by atoms with Crippen LogP contribution in [0.4, 0.5) is 5.69 Å². The summed E-state index contributed by atoms with van der Waals surface area (Å²) in [5.41, 5.74) is 2.05. The minimum Gasteiger partial charge on any atom is -0.486 e. The van der Waals surface area contributed by atoms with Gasteiger partial charge in [-0.05, 0) is 31.7 Å². The number of carbonyl (C=O) groups excluding carboxylic acids is 2. The number of rotatable bonds is 8. The molecule has 1 aromatic heterocycles. The van der Waals surface area contributed by atoms with Crippen molar-refractivity contribution in [1.82, 2.24) is 19.8 Å². The molecule has 0 fully saturated rings. The van der Waals surface area contributed by atoms with Crippen molar-refractivity contribution in [3.8, 4) is 5.75 Å². The van der Waals surface area contributed by atoms with Crippen LogP contribution in [0.3, 0.4) is 0 Å². The Morgan fingerprint density at radius 1 is 1.22 bits per heavy atom. The lowest BCUT2D eigenvalue weighted by molar-refractivity contribution is 0.0343. The average Bonchev–Trinajstić information content (AvgIpc) is 2.91. The Hall–Kier alpha value is -3.82. The fourth-order valence-corrected chi connectivity index (χ4v) is 4.43. The molecule has 9 heteroatoms. The third kappa shape index (κ3) is 6.31. The number of para-hydroxylation sites is 1. The third-order valence-corrected chi connectivity index (χ3v) is 6.52. The van der Waals surface area contributed by atoms with Crippen LogP contribution in [0, 0.1) is 5.92 Å². The Morgan fingerprint density at radius 2 is 2.00 bits per heavy atom. The minimum absolute atomic E-state index is 0.0481. The molecule has 2 amide bonds. The van der Waals surface area contributed by atoms with E-state index in [1.807, 2.05) is 39.1 Å². The zero-order chi connectivity index (χ0) is 26.4. The number of carbonyl (C=O) groups is 2. The number of ether oxygens (including phenoxy) is 1. The number of benzene rings is 2. The number of hydrogen-bond acceptors (Lipinski definition) is 7. The van der Waals surface area contributed by atoms with Gasteiger partial charge in [-0.2, -0.15) is 0 Å². The first-order valence-corrected chi connectivity index (χ1v) is 12.4. The number of hydrogen-bond donors (Lipinski definition) is 2. The first-order chi connectivity index (χ1) is 17.9. The second-order valence-electron chi connectivity index (χ2n) is 9.53. The van der Waals surface area contributed by atoms with E-state index in [2.05, 4.69) is 32.3 Å². The van der Waals surface area contributed by atoms with Crippen LogP contribution in [0.2, 0.25) is 0 Å². The van der Waals surface area contributed by atoms with Crippen molar-refractivity contribution < 1.29 is 19.4 Å². The van der Waals surface area contributed by atoms with Gasteiger partial charge >= 0.3 is 0 Å². The first kappa shape index (κ1) is 26.2. The number of amides is 2. The fourth-order valence-electron chi connectivity index (χ4n) is 4.43. The van der Waals surface area contributed by atoms with Crippen LogP contribution in [0.15, 0.2) is 67.1 Å². The summed E-state index contributed by atoms with van der Waals surface area (Å²) in [6.07, 6.45) is 4.02. The molecule has 4 rings (SSSR count). The van der Waals surface area contributed by atoms with Crippen molar-refractivity contribution in [2.75, 3.05) is 32.1 Å². The molecular weight excluding hydrogens is 470 g/mol. The third-order valence-electron chi connectivity index (χ3n) is 6.52. The number of aliphatic hydroxyl groups excluding tert-OH is 1. The Labute approximate surface area is 217 Å². The van der Waals surface area contributed by atoms with Gasteiger partial charge in [-0.15, -0.1) is 0 Å². The standard InChI is InChI=1S/C28H33N5O4/c1-19-15-33(20(2)18-34)28(36)22-10-7-11-23(31-27(35)24-14-29-12-13-30-24)26(22)37-25(19)17-32(3)16-21-8-5-4-6-9-21/h4-14,19-20,25,34H,15-18H2,1-3H3,(H,31,35)/t19-,20+,25+/m0/s1. The predicted octanol–water partition coefficient (Wildman–Crippen LogP) is 3.08. The fraction of sp³-hybridized carbons (Fsp3) is 0.357. The van der Waals surface area contributed by atoms with E-state index in [1.165, 1.54) is 24.2 Å². The zero-order valence-corrected chi connectivity index (χ0v) is 21.4. The smallest absolute Gasteiger partial charge is 0.275 e. The molecule has 0 saturated heterocycles. The number of likely N-dealkylation sites (N-methyl/N-ethyl adjacent to an activating group) is 1. The Kier molecular flexibility index (Phi) is 8.47. The molecule has 2 N–H and O–H groups in total. The van der Waals surface area contributed by atoms with E-state index in [4.69, 9.17) is 4.74 Å². The van der Waals surface area contributed by atoms with Gasteiger partial charge in [-0.3, -0.25) is 19.5 Å². The minimum atomic E-state index is -0.453. The second kappa shape index (κ2) is 11.9. The van der Waals surface area contributed by atoms with E-state index in [9.17, 15) is 14.7 Å². The highest BCUT2D eigenvalue weighted by molar-refractivity contribution is 6.06. The average molecular weight is 504 g/mol. The molecule has 0 saturated carbocycles. The summed E-state index contributed by atoms with van der Waals surface area (Å²) in [5, 5.41) is 12.7. The number of anilines is 1. The van der Waals surface area contributed by atoms with Gasteiger partial charge in [-0.1, -0.05) is 43.3 Å². The molecule has 2 aromatic carbocycles. The van der Waals surface area contributed by atoms with Crippen LogP contribution < -0.4 is 10.1 Å². The van der Waals surface area contributed by atoms with Crippen molar-refractivity contribution >= 4 is 17.5 Å². The van der Waals surface area contributed by atoms with Crippen LogP contribution in [0.1, 0.15) is 40.3 Å². The van der Waals surface area contributed by atoms with Crippen LogP contribution in [-0.2, 0) is 6.54 Å². The topological polar surface area (TPSA) is 108 Å². The van der Waals surface area contributed by atoms with Crippen LogP contribution in [0.25, 0.3) is 0 Å². The SMILES string of the molecule is C[C@H](CO)N1C[C@H](C)[C@@H](CN(C)Cc2ccccc2)Oc2c(NC(=O)c3cnccn3)cccc2C1=O. The van der Waals surface area contributed by atoms with Crippen molar-refractivity contribution in [2.45, 2.75) is 32.5 Å². The van der Waals surface area contributed by atoms with E-state index in [0.29, 0.717) is 30.1 Å². The van der Waals surface area contributed by atoms with E-state index in [0.717, 1.165) is 6.54 Å². The molecule has 0 spiro atoms. The number of aromatic nitrogens is 2. The van der Waals surface area contributed by atoms with Gasteiger partial charge in [0.05, 0.1) is 30.1 Å². The lowest BCUT2D eigenvalue weighted by atomic mass is 9.98. The maximum Gasteiger partial charge on any atom is 0.275 e. The van der Waals surface area contributed by atoms with E-state index in [1.54, 1.807) is 23.1 Å². The zero-order valence-electron chi connectivity index (χ0n) is 21.4. The van der Waals surface area contributed by atoms with Gasteiger partial charge in [0, 0.05) is 37.9 Å². The highest BCUT2D eigenvalue weighted by Gasteiger charge is 2.34. The van der Waals surface area contributed by atoms with Gasteiger partial charge in [-0.25, -0.2) is 4.98 Å². The second-order valence-corrected chi connectivity index (χ2v) is 9.53. The maximum absolute atomic E-state index is 13.6. The van der Waals surface area contributed by atoms with Gasteiger partial charge in [0.2, 0.25) is 0 Å². The quantitative estimate of drug-likeness (QED) is 0.486. The van der Waals surface area contributed by atoms with Gasteiger partial charge in [0.1, 0.15) is 11.8 Å². The number of nitrogens with one attached hydrogen (secondary N) is 1. The highest BCUT2D eigenvalue weighted by Crippen LogP contribution is 2.35. The lowest BCUT2D eigenvalue weighted by Gasteiger charge is -2.38. The Balaban J connectivity index is 1.67. The summed E-state index contributed by atoms with van der Waals surface area (Å²) in [7, 11) is 2.03.